The molecule has 24 heavy (non-hydrogen) atoms. The summed E-state index contributed by atoms with van der Waals surface area (Å²) in [6.07, 6.45) is 3.55. The normalized spacial score (nSPS) is 20.5. The number of hydrogen-bond donors (Lipinski definition) is 0. The lowest BCUT2D eigenvalue weighted by molar-refractivity contribution is 0.0229. The Morgan fingerprint density at radius 2 is 1.96 bits per heavy atom. The van der Waals surface area contributed by atoms with E-state index in [4.69, 9.17) is 16.3 Å². The molecule has 2 atom stereocenters. The van der Waals surface area contributed by atoms with E-state index >= 15 is 0 Å². The van der Waals surface area contributed by atoms with E-state index in [0.717, 1.165) is 25.7 Å². The number of hydrogen-bond acceptors (Lipinski definition) is 4. The van der Waals surface area contributed by atoms with E-state index in [1.807, 2.05) is 13.8 Å². The number of halogens is 1. The number of ether oxygens (including phenoxy) is 1. The molecule has 1 aliphatic carbocycles. The number of nitrogens with zero attached hydrogens (tertiary/aromatic N) is 1. The first-order valence-electron chi connectivity index (χ1n) is 8.47. The molecule has 0 heterocycles. The van der Waals surface area contributed by atoms with Gasteiger partial charge in [-0.25, -0.2) is 4.79 Å². The Balaban J connectivity index is 2.01. The molecule has 1 aromatic rings. The van der Waals surface area contributed by atoms with Crippen molar-refractivity contribution in [3.63, 3.8) is 0 Å². The monoisotopic (exact) mass is 369 g/mol. The topological polar surface area (TPSA) is 46.6 Å². The summed E-state index contributed by atoms with van der Waals surface area (Å²) in [5, 5.41) is 0.599. The number of carbonyl (C=O) groups excluding carboxylic acids is 2. The zero-order valence-corrected chi connectivity index (χ0v) is 15.7. The Hall–Kier alpha value is -1.20. The highest BCUT2D eigenvalue weighted by Crippen LogP contribution is 2.33. The molecule has 0 bridgehead atoms. The van der Waals surface area contributed by atoms with Crippen molar-refractivity contribution in [3.8, 4) is 0 Å². The van der Waals surface area contributed by atoms with Gasteiger partial charge in [-0.05, 0) is 51.3 Å². The van der Waals surface area contributed by atoms with Crippen LogP contribution in [0, 0.1) is 0 Å². The van der Waals surface area contributed by atoms with Crippen molar-refractivity contribution < 1.29 is 14.3 Å². The van der Waals surface area contributed by atoms with E-state index in [0.29, 0.717) is 23.7 Å². The van der Waals surface area contributed by atoms with Crippen LogP contribution in [-0.4, -0.2) is 40.6 Å². The number of thioether (sulfide) groups is 1. The van der Waals surface area contributed by atoms with Crippen LogP contribution in [0.2, 0.25) is 5.02 Å². The van der Waals surface area contributed by atoms with E-state index in [-0.39, 0.29) is 22.6 Å². The number of carbonyl (C=O) groups is 2. The average Bonchev–Trinajstić information content (AvgIpc) is 2.57. The molecule has 0 N–H and O–H groups in total. The molecule has 1 aliphatic rings. The summed E-state index contributed by atoms with van der Waals surface area (Å²) in [6, 6.07) is 6.76. The van der Waals surface area contributed by atoms with E-state index in [1.165, 1.54) is 11.8 Å². The van der Waals surface area contributed by atoms with Crippen molar-refractivity contribution in [1.82, 2.24) is 4.90 Å². The Labute approximate surface area is 152 Å². The molecular weight excluding hydrogens is 346 g/mol. The van der Waals surface area contributed by atoms with Gasteiger partial charge in [0.25, 0.3) is 5.24 Å². The number of amides is 1. The van der Waals surface area contributed by atoms with Gasteiger partial charge < -0.3 is 9.64 Å². The lowest BCUT2D eigenvalue weighted by Gasteiger charge is -2.31. The Morgan fingerprint density at radius 1 is 1.25 bits per heavy atom. The molecule has 1 aromatic carbocycles. The van der Waals surface area contributed by atoms with Gasteiger partial charge in [-0.1, -0.05) is 35.9 Å². The lowest BCUT2D eigenvalue weighted by Crippen LogP contribution is -2.36. The molecule has 0 aliphatic heterocycles. The Morgan fingerprint density at radius 3 is 2.62 bits per heavy atom. The van der Waals surface area contributed by atoms with Gasteiger partial charge in [0.2, 0.25) is 0 Å². The van der Waals surface area contributed by atoms with Gasteiger partial charge in [-0.2, -0.15) is 0 Å². The third-order valence-electron chi connectivity index (χ3n) is 4.23. The van der Waals surface area contributed by atoms with Crippen molar-refractivity contribution in [1.29, 1.82) is 0 Å². The van der Waals surface area contributed by atoms with Gasteiger partial charge in [0, 0.05) is 18.1 Å². The summed E-state index contributed by atoms with van der Waals surface area (Å²) in [5.41, 5.74) is 0.451. The fraction of sp³-hybridized carbons (Fsp3) is 0.556. The molecule has 0 spiro atoms. The van der Waals surface area contributed by atoms with Crippen LogP contribution in [0.4, 0.5) is 4.79 Å². The lowest BCUT2D eigenvalue weighted by atomic mass is 9.97. The SMILES string of the molecule is CCN(CC)C(=O)SC1CCCCC1OC(=O)c1cccc(Cl)c1. The van der Waals surface area contributed by atoms with Gasteiger partial charge in [0.15, 0.2) is 0 Å². The smallest absolute Gasteiger partial charge is 0.338 e. The molecule has 1 saturated carbocycles. The second-order valence-corrected chi connectivity index (χ2v) is 7.46. The quantitative estimate of drug-likeness (QED) is 0.685. The Bertz CT molecular complexity index is 577. The summed E-state index contributed by atoms with van der Waals surface area (Å²) in [7, 11) is 0. The first-order chi connectivity index (χ1) is 11.5. The van der Waals surface area contributed by atoms with Crippen LogP contribution in [0.15, 0.2) is 24.3 Å². The summed E-state index contributed by atoms with van der Waals surface area (Å²) in [5.74, 6) is -0.370. The molecule has 132 valence electrons. The number of benzene rings is 1. The minimum atomic E-state index is -0.370. The molecule has 6 heteroatoms. The average molecular weight is 370 g/mol. The highest BCUT2D eigenvalue weighted by molar-refractivity contribution is 8.14. The Kier molecular flexibility index (Phi) is 7.43. The maximum Gasteiger partial charge on any atom is 0.338 e. The molecule has 0 radical (unpaired) electrons. The molecule has 1 amide bonds. The standard InChI is InChI=1S/C18H24ClNO3S/c1-3-20(4-2)18(22)24-16-11-6-5-10-15(16)23-17(21)13-8-7-9-14(19)12-13/h7-9,12,15-16H,3-6,10-11H2,1-2H3. The van der Waals surface area contributed by atoms with Crippen molar-refractivity contribution in [2.45, 2.75) is 50.9 Å². The maximum absolute atomic E-state index is 12.4. The first kappa shape index (κ1) is 19.1. The van der Waals surface area contributed by atoms with Crippen molar-refractivity contribution in [2.24, 2.45) is 0 Å². The molecule has 2 rings (SSSR count). The van der Waals surface area contributed by atoms with Crippen LogP contribution in [0.1, 0.15) is 49.9 Å². The third kappa shape index (κ3) is 5.15. The van der Waals surface area contributed by atoms with E-state index in [9.17, 15) is 9.59 Å². The van der Waals surface area contributed by atoms with Gasteiger partial charge in [-0.3, -0.25) is 4.79 Å². The number of esters is 1. The van der Waals surface area contributed by atoms with Crippen molar-refractivity contribution in [3.05, 3.63) is 34.9 Å². The highest BCUT2D eigenvalue weighted by atomic mass is 35.5. The zero-order valence-electron chi connectivity index (χ0n) is 14.2. The van der Waals surface area contributed by atoms with Crippen molar-refractivity contribution >= 4 is 34.6 Å². The molecule has 2 unspecified atom stereocenters. The van der Waals surface area contributed by atoms with Gasteiger partial charge in [0.05, 0.1) is 10.8 Å². The summed E-state index contributed by atoms with van der Waals surface area (Å²) < 4.78 is 5.70. The van der Waals surface area contributed by atoms with Crippen LogP contribution in [0.3, 0.4) is 0 Å². The van der Waals surface area contributed by atoms with Crippen LogP contribution in [0.25, 0.3) is 0 Å². The molecule has 1 fully saturated rings. The van der Waals surface area contributed by atoms with Gasteiger partial charge >= 0.3 is 5.97 Å². The van der Waals surface area contributed by atoms with Crippen molar-refractivity contribution in [2.75, 3.05) is 13.1 Å². The van der Waals surface area contributed by atoms with Crippen LogP contribution >= 0.6 is 23.4 Å². The maximum atomic E-state index is 12.4. The predicted molar refractivity (Wildman–Crippen MR) is 98.8 cm³/mol. The minimum Gasteiger partial charge on any atom is -0.458 e. The molecule has 0 aromatic heterocycles. The second kappa shape index (κ2) is 9.33. The molecule has 4 nitrogen and oxygen atoms in total. The molecule has 0 saturated heterocycles. The third-order valence-corrected chi connectivity index (χ3v) is 5.77. The van der Waals surface area contributed by atoms with Gasteiger partial charge in [-0.15, -0.1) is 0 Å². The van der Waals surface area contributed by atoms with E-state index < -0.39 is 0 Å². The number of rotatable bonds is 5. The predicted octanol–water partition coefficient (Wildman–Crippen LogP) is 5.00. The fourth-order valence-corrected chi connectivity index (χ4v) is 4.32. The summed E-state index contributed by atoms with van der Waals surface area (Å²) in [6.45, 7) is 5.34. The first-order valence-corrected chi connectivity index (χ1v) is 9.73. The zero-order chi connectivity index (χ0) is 17.5. The summed E-state index contributed by atoms with van der Waals surface area (Å²) in [4.78, 5) is 26.5. The highest BCUT2D eigenvalue weighted by Gasteiger charge is 2.32. The molecular formula is C18H24ClNO3S. The van der Waals surface area contributed by atoms with Crippen LogP contribution < -0.4 is 0 Å². The minimum absolute atomic E-state index is 0.0231. The van der Waals surface area contributed by atoms with Crippen LogP contribution in [0.5, 0.6) is 0 Å². The largest absolute Gasteiger partial charge is 0.458 e. The van der Waals surface area contributed by atoms with Gasteiger partial charge in [0.1, 0.15) is 6.10 Å². The van der Waals surface area contributed by atoms with Crippen LogP contribution in [-0.2, 0) is 4.74 Å². The second-order valence-electron chi connectivity index (χ2n) is 5.83. The summed E-state index contributed by atoms with van der Waals surface area (Å²) >= 11 is 7.24. The van der Waals surface area contributed by atoms with E-state index in [2.05, 4.69) is 0 Å². The van der Waals surface area contributed by atoms with E-state index in [1.54, 1.807) is 29.2 Å². The fourth-order valence-electron chi connectivity index (χ4n) is 2.84.